The molecule has 0 aromatic heterocycles. The second-order valence-corrected chi connectivity index (χ2v) is 5.99. The number of hydrogen-bond acceptors (Lipinski definition) is 3. The largest absolute Gasteiger partial charge is 0.508 e. The minimum absolute atomic E-state index is 0.0505. The first kappa shape index (κ1) is 16.3. The smallest absolute Gasteiger partial charge is 0.225 e. The van der Waals surface area contributed by atoms with Gasteiger partial charge in [-0.3, -0.25) is 9.69 Å². The number of aromatic hydroxyl groups is 1. The van der Waals surface area contributed by atoms with Gasteiger partial charge >= 0.3 is 0 Å². The van der Waals surface area contributed by atoms with Crippen LogP contribution in [0, 0.1) is 0 Å². The van der Waals surface area contributed by atoms with Gasteiger partial charge in [-0.15, -0.1) is 0 Å². The molecule has 1 heterocycles. The first-order valence-electron chi connectivity index (χ1n) is 8.26. The molecule has 0 radical (unpaired) electrons. The highest BCUT2D eigenvalue weighted by Gasteiger charge is 2.14. The van der Waals surface area contributed by atoms with Crippen molar-refractivity contribution >= 4 is 17.2 Å². The van der Waals surface area contributed by atoms with Crippen LogP contribution < -0.4 is 5.32 Å². The van der Waals surface area contributed by atoms with Crippen molar-refractivity contribution in [3.63, 3.8) is 0 Å². The Morgan fingerprint density at radius 2 is 1.83 bits per heavy atom. The molecule has 4 nitrogen and oxygen atoms in total. The average Bonchev–Trinajstić information content (AvgIpc) is 2.62. The van der Waals surface area contributed by atoms with Crippen LogP contribution in [0.2, 0.25) is 0 Å². The van der Waals surface area contributed by atoms with Gasteiger partial charge in [-0.1, -0.05) is 36.4 Å². The van der Waals surface area contributed by atoms with Gasteiger partial charge in [0.2, 0.25) is 5.91 Å². The van der Waals surface area contributed by atoms with Crippen LogP contribution in [0.15, 0.2) is 60.7 Å². The van der Waals surface area contributed by atoms with E-state index in [2.05, 4.69) is 16.3 Å². The summed E-state index contributed by atoms with van der Waals surface area (Å²) in [5.41, 5.74) is 3.31. The number of rotatable bonds is 5. The zero-order chi connectivity index (χ0) is 16.8. The maximum Gasteiger partial charge on any atom is 0.225 e. The number of para-hydroxylation sites is 1. The van der Waals surface area contributed by atoms with Crippen LogP contribution in [0.25, 0.3) is 5.57 Å². The predicted molar refractivity (Wildman–Crippen MR) is 96.8 cm³/mol. The van der Waals surface area contributed by atoms with Crippen molar-refractivity contribution < 1.29 is 9.90 Å². The second-order valence-electron chi connectivity index (χ2n) is 5.99. The van der Waals surface area contributed by atoms with E-state index >= 15 is 0 Å². The van der Waals surface area contributed by atoms with E-state index in [0.29, 0.717) is 12.2 Å². The predicted octanol–water partition coefficient (Wildman–Crippen LogP) is 3.51. The molecule has 0 aliphatic carbocycles. The maximum absolute atomic E-state index is 12.0. The quantitative estimate of drug-likeness (QED) is 0.886. The summed E-state index contributed by atoms with van der Waals surface area (Å²) in [4.78, 5) is 14.3. The number of anilines is 1. The molecule has 1 amide bonds. The number of nitrogens with zero attached hydrogens (tertiary/aromatic N) is 1. The van der Waals surface area contributed by atoms with Gasteiger partial charge in [-0.25, -0.2) is 0 Å². The Balaban J connectivity index is 1.46. The van der Waals surface area contributed by atoms with Crippen molar-refractivity contribution in [3.8, 4) is 5.75 Å². The molecule has 4 heteroatoms. The van der Waals surface area contributed by atoms with Crippen LogP contribution in [0.1, 0.15) is 18.4 Å². The van der Waals surface area contributed by atoms with Gasteiger partial charge in [0.25, 0.3) is 0 Å². The summed E-state index contributed by atoms with van der Waals surface area (Å²) in [6, 6.07) is 16.9. The molecule has 1 aliphatic rings. The van der Waals surface area contributed by atoms with E-state index in [1.54, 1.807) is 12.1 Å². The molecule has 0 unspecified atom stereocenters. The van der Waals surface area contributed by atoms with Gasteiger partial charge in [0.15, 0.2) is 0 Å². The van der Waals surface area contributed by atoms with E-state index in [1.807, 2.05) is 42.5 Å². The number of carbonyl (C=O) groups excluding carboxylic acids is 1. The van der Waals surface area contributed by atoms with E-state index in [1.165, 1.54) is 5.57 Å². The van der Waals surface area contributed by atoms with E-state index in [4.69, 9.17) is 0 Å². The summed E-state index contributed by atoms with van der Waals surface area (Å²) < 4.78 is 0. The number of nitrogens with one attached hydrogen (secondary N) is 1. The van der Waals surface area contributed by atoms with Crippen LogP contribution >= 0.6 is 0 Å². The Morgan fingerprint density at radius 3 is 2.50 bits per heavy atom. The van der Waals surface area contributed by atoms with Gasteiger partial charge in [0.1, 0.15) is 5.75 Å². The highest BCUT2D eigenvalue weighted by Crippen LogP contribution is 2.24. The molecular weight excluding hydrogens is 300 g/mol. The molecule has 24 heavy (non-hydrogen) atoms. The van der Waals surface area contributed by atoms with Crippen molar-refractivity contribution in [2.75, 3.05) is 25.0 Å². The fourth-order valence-electron chi connectivity index (χ4n) is 2.86. The third kappa shape index (κ3) is 4.46. The lowest BCUT2D eigenvalue weighted by Crippen LogP contribution is -2.31. The van der Waals surface area contributed by atoms with Crippen molar-refractivity contribution in [2.24, 2.45) is 0 Å². The second kappa shape index (κ2) is 7.79. The molecule has 0 bridgehead atoms. The molecule has 3 rings (SSSR count). The van der Waals surface area contributed by atoms with Crippen molar-refractivity contribution in [1.29, 1.82) is 0 Å². The fraction of sp³-hybridized carbons (Fsp3) is 0.250. The molecular formula is C20H22N2O2. The lowest BCUT2D eigenvalue weighted by molar-refractivity contribution is -0.116. The maximum atomic E-state index is 12.0. The van der Waals surface area contributed by atoms with Crippen LogP contribution in [0.3, 0.4) is 0 Å². The zero-order valence-corrected chi connectivity index (χ0v) is 13.6. The Morgan fingerprint density at radius 1 is 1.08 bits per heavy atom. The Bertz CT molecular complexity index is 708. The summed E-state index contributed by atoms with van der Waals surface area (Å²) in [6.45, 7) is 2.57. The first-order valence-corrected chi connectivity index (χ1v) is 8.26. The molecule has 2 aromatic rings. The van der Waals surface area contributed by atoms with Crippen LogP contribution in [0.4, 0.5) is 5.69 Å². The molecule has 2 N–H and O–H groups in total. The Labute approximate surface area is 142 Å². The highest BCUT2D eigenvalue weighted by molar-refractivity contribution is 5.90. The summed E-state index contributed by atoms with van der Waals surface area (Å²) in [5.74, 6) is 0.343. The number of phenolic OH excluding ortho intramolecular Hbond substituents is 1. The summed E-state index contributed by atoms with van der Waals surface area (Å²) in [5, 5.41) is 12.3. The van der Waals surface area contributed by atoms with Crippen LogP contribution in [0.5, 0.6) is 5.75 Å². The van der Waals surface area contributed by atoms with Gasteiger partial charge in [0, 0.05) is 31.7 Å². The number of amides is 1. The van der Waals surface area contributed by atoms with Crippen molar-refractivity contribution in [3.05, 3.63) is 66.2 Å². The minimum atomic E-state index is 0.0505. The zero-order valence-electron chi connectivity index (χ0n) is 13.6. The summed E-state index contributed by atoms with van der Waals surface area (Å²) >= 11 is 0. The average molecular weight is 322 g/mol. The minimum Gasteiger partial charge on any atom is -0.508 e. The SMILES string of the molecule is O=C(CCN1CC=C(c2ccc(O)cc2)CC1)Nc1ccccc1. The van der Waals surface area contributed by atoms with E-state index in [0.717, 1.165) is 37.3 Å². The Hall–Kier alpha value is -2.59. The molecule has 0 atom stereocenters. The Kier molecular flexibility index (Phi) is 5.29. The highest BCUT2D eigenvalue weighted by atomic mass is 16.3. The molecule has 0 spiro atoms. The lowest BCUT2D eigenvalue weighted by Gasteiger charge is -2.26. The molecule has 1 aliphatic heterocycles. The van der Waals surface area contributed by atoms with Crippen LogP contribution in [-0.2, 0) is 4.79 Å². The topological polar surface area (TPSA) is 52.6 Å². The van der Waals surface area contributed by atoms with E-state index in [-0.39, 0.29) is 5.91 Å². The summed E-state index contributed by atoms with van der Waals surface area (Å²) in [7, 11) is 0. The standard InChI is InChI=1S/C20H22N2O2/c23-19-8-6-16(7-9-19)17-10-13-22(14-11-17)15-12-20(24)21-18-4-2-1-3-5-18/h1-10,23H,11-15H2,(H,21,24). The van der Waals surface area contributed by atoms with Crippen LogP contribution in [-0.4, -0.2) is 35.5 Å². The summed E-state index contributed by atoms with van der Waals surface area (Å²) in [6.07, 6.45) is 3.67. The van der Waals surface area contributed by atoms with Gasteiger partial charge in [-0.2, -0.15) is 0 Å². The molecule has 0 saturated heterocycles. The normalized spacial score (nSPS) is 14.9. The third-order valence-corrected chi connectivity index (χ3v) is 4.24. The number of phenols is 1. The van der Waals surface area contributed by atoms with E-state index in [9.17, 15) is 9.90 Å². The number of benzene rings is 2. The van der Waals surface area contributed by atoms with E-state index < -0.39 is 0 Å². The lowest BCUT2D eigenvalue weighted by atomic mass is 9.99. The number of hydrogen-bond donors (Lipinski definition) is 2. The van der Waals surface area contributed by atoms with Crippen molar-refractivity contribution in [1.82, 2.24) is 4.90 Å². The molecule has 0 saturated carbocycles. The van der Waals surface area contributed by atoms with Gasteiger partial charge in [-0.05, 0) is 41.8 Å². The molecule has 0 fully saturated rings. The molecule has 124 valence electrons. The van der Waals surface area contributed by atoms with Gasteiger partial charge in [0.05, 0.1) is 0 Å². The fourth-order valence-corrected chi connectivity index (χ4v) is 2.86. The third-order valence-electron chi connectivity index (χ3n) is 4.24. The van der Waals surface area contributed by atoms with Gasteiger partial charge < -0.3 is 10.4 Å². The van der Waals surface area contributed by atoms with Crippen molar-refractivity contribution in [2.45, 2.75) is 12.8 Å². The first-order chi connectivity index (χ1) is 11.7. The monoisotopic (exact) mass is 322 g/mol. The number of carbonyl (C=O) groups is 1. The molecule has 2 aromatic carbocycles.